The Morgan fingerprint density at radius 2 is 1.02 bits per heavy atom. The van der Waals surface area contributed by atoms with Gasteiger partial charge in [0, 0.05) is 59.1 Å². The van der Waals surface area contributed by atoms with Crippen LogP contribution in [0, 0.1) is 25.7 Å². The molecule has 2 aromatic carbocycles. The van der Waals surface area contributed by atoms with E-state index in [1.807, 2.05) is 74.5 Å². The van der Waals surface area contributed by atoms with E-state index >= 15 is 0 Å². The van der Waals surface area contributed by atoms with Crippen LogP contribution in [-0.2, 0) is 57.2 Å². The Kier molecular flexibility index (Phi) is 33.4. The Balaban J connectivity index is 0.000000223. The Hall–Kier alpha value is -10.6. The molecular weight excluding hydrogens is 1660 g/mol. The number of thiazole rings is 1. The van der Waals surface area contributed by atoms with Crippen molar-refractivity contribution in [2.75, 3.05) is 38.0 Å². The number of aliphatic hydroxyl groups is 1. The average Bonchev–Trinajstić information content (AvgIpc) is 1.58. The summed E-state index contributed by atoms with van der Waals surface area (Å²) in [6.07, 6.45) is 18.1. The second-order valence-electron chi connectivity index (χ2n) is 32.8. The van der Waals surface area contributed by atoms with Crippen molar-refractivity contribution in [3.8, 4) is 22.9 Å². The fourth-order valence-corrected chi connectivity index (χ4v) is 17.0. The molecule has 13 rings (SSSR count). The number of methoxy groups -OCH3 is 2. The number of nitrogens with two attached hydrogens (primary N) is 1. The van der Waals surface area contributed by atoms with Gasteiger partial charge in [0.2, 0.25) is 23.6 Å². The van der Waals surface area contributed by atoms with Crippen molar-refractivity contribution in [1.29, 1.82) is 0 Å². The Bertz CT molecular complexity index is 4660. The monoisotopic (exact) mass is 1770 g/mol. The van der Waals surface area contributed by atoms with E-state index in [4.69, 9.17) is 43.2 Å². The van der Waals surface area contributed by atoms with E-state index < -0.39 is 113 Å². The number of aliphatic hydroxyl groups excluding tert-OH is 1. The van der Waals surface area contributed by atoms with Gasteiger partial charge in [0.05, 0.1) is 61.6 Å². The second kappa shape index (κ2) is 43.5. The number of hydrogen-bond acceptors (Lipinski definition) is 25. The number of halogens is 1. The first-order chi connectivity index (χ1) is 58.3. The first-order valence-electron chi connectivity index (χ1n) is 42.1. The molecule has 4 aliphatic carbocycles. The minimum atomic E-state index is -1.24. The predicted molar refractivity (Wildman–Crippen MR) is 456 cm³/mol. The van der Waals surface area contributed by atoms with Crippen molar-refractivity contribution < 1.29 is 101 Å². The summed E-state index contributed by atoms with van der Waals surface area (Å²) in [5.74, 6) is -2.71. The van der Waals surface area contributed by atoms with Crippen molar-refractivity contribution in [3.05, 3.63) is 95.0 Å². The topological polar surface area (TPSA) is 442 Å². The standard InChI is InChI=1S/C42H52N6O9S.C37H45BrN4O8.C5H10N2O3.C3H8O/c1-24(2)55-41(53)46-39-44-32(23-58-39)31-20-34(29-17-12-13-25(3)35(29)43-31)56-28-19-33-36(49)47-42(38(51)54-4)21-26(42)14-8-6-5-7-9-18-30(37(50)48(33)22-28)45-40(52)57-27-15-10-11-16-27;1-22-11-10-15-26-31(18-28(30(43)20-38)39-32(22)26)49-25-17-29-33(44)41-37(35(46)48-2)19-23(37)12-6-4-3-5-7-16-27(34(45)42(29)21-25)40-36(47)50-24-13-8-9-14-24;1-3(2)10-5(9)7-4(6)8;1-3(2)4/h8,12-14,17,20,23-24,26-28,30,33H,5-7,9-11,15-16,18-19,21-22H2,1-4H3,(H,45,52)(H,47,49)(H,44,46,53);6,10-12,15,18,23-25,27,29H,3-5,7-9,13-14,16-17,19-21H2,1-2H3,(H,40,47)(H,41,44);3H,1-2H3,(H3,6,7,8,9);3-4H,1-2H3/b14-8-;12-6-;;/t26?,28-,30+,33+,42-;23?,25-,27+,29+,37-;;/m11../s1. The predicted octanol–water partition coefficient (Wildman–Crippen LogP) is 12.2. The van der Waals surface area contributed by atoms with Gasteiger partial charge in [0.25, 0.3) is 0 Å². The van der Waals surface area contributed by atoms with Gasteiger partial charge in [-0.25, -0.2) is 53.8 Å². The number of aryl methyl sites for hydroxylation is 2. The SMILES string of the molecule is CC(C)O.CC(C)OC(=O)NC(N)=O.COC(=O)[C@@]12CC1/C=C\CCCCC[C@H](NC(=O)OC1CCCC1)C(=O)N1C[C@H](Oc3cc(-c4csc(NC(=O)OC(C)C)n4)nc4c(C)cccc34)C[C@H]1C(=O)N2.COC(=O)[C@@]12CC1/C=C\CCCCC[C@H](NC(=O)OC1CCCC1)C(=O)N1C[C@H](Oc3cc(C(=O)CBr)nc4c(C)cccc34)C[C@H]1C(=O)N2. The van der Waals surface area contributed by atoms with Gasteiger partial charge in [-0.1, -0.05) is 90.2 Å². The van der Waals surface area contributed by atoms with Gasteiger partial charge in [-0.15, -0.1) is 11.3 Å². The summed E-state index contributed by atoms with van der Waals surface area (Å²) in [5, 5.41) is 27.7. The van der Waals surface area contributed by atoms with Gasteiger partial charge in [-0.05, 0) is 181 Å². The van der Waals surface area contributed by atoms with E-state index in [0.717, 1.165) is 106 Å². The number of imide groups is 1. The highest BCUT2D eigenvalue weighted by atomic mass is 79.9. The van der Waals surface area contributed by atoms with Crippen molar-refractivity contribution in [2.24, 2.45) is 17.6 Å². The number of nitrogens with one attached hydrogen (secondary N) is 6. The van der Waals surface area contributed by atoms with Gasteiger partial charge < -0.3 is 79.8 Å². The number of para-hydroxylation sites is 2. The molecule has 9 N–H and O–H groups in total. The molecule has 0 spiro atoms. The van der Waals surface area contributed by atoms with Crippen LogP contribution in [0.5, 0.6) is 11.5 Å². The number of urea groups is 1. The quantitative estimate of drug-likeness (QED) is 0.0149. The molecule has 3 aromatic heterocycles. The molecule has 35 heteroatoms. The number of allylic oxidation sites excluding steroid dienone is 2. The third kappa shape index (κ3) is 25.1. The van der Waals surface area contributed by atoms with E-state index in [2.05, 4.69) is 63.0 Å². The highest BCUT2D eigenvalue weighted by Gasteiger charge is 2.63. The molecule has 4 aliphatic heterocycles. The first-order valence-corrected chi connectivity index (χ1v) is 44.1. The number of amides is 10. The molecular formula is C87H115BrN12O21S. The summed E-state index contributed by atoms with van der Waals surface area (Å²) < 4.78 is 44.7. The zero-order valence-electron chi connectivity index (χ0n) is 70.9. The number of Topliss-reactive ketones (excluding diaryl/α,β-unsaturated/α-hetero) is 1. The lowest BCUT2D eigenvalue weighted by Crippen LogP contribution is -2.56. The number of primary amides is 1. The van der Waals surface area contributed by atoms with Crippen molar-refractivity contribution >= 4 is 126 Å². The summed E-state index contributed by atoms with van der Waals surface area (Å²) in [4.78, 5) is 173. The minimum Gasteiger partial charge on any atom is -0.488 e. The number of nitrogens with zero attached hydrogens (tertiary/aromatic N) is 5. The molecule has 0 bridgehead atoms. The number of aromatic nitrogens is 3. The number of hydrogen-bond donors (Lipinski definition) is 8. The minimum absolute atomic E-state index is 0.0367. The van der Waals surface area contributed by atoms with Gasteiger partial charge in [0.1, 0.15) is 82.5 Å². The largest absolute Gasteiger partial charge is 0.488 e. The van der Waals surface area contributed by atoms with Crippen LogP contribution in [0.25, 0.3) is 33.2 Å². The lowest BCUT2D eigenvalue weighted by Gasteiger charge is -2.29. The summed E-state index contributed by atoms with van der Waals surface area (Å²) in [5.41, 5.74) is 6.46. The van der Waals surface area contributed by atoms with Crippen molar-refractivity contribution in [1.82, 2.24) is 51.3 Å². The summed E-state index contributed by atoms with van der Waals surface area (Å²) in [6, 6.07) is 9.95. The molecule has 8 aliphatic rings. The van der Waals surface area contributed by atoms with Crippen LogP contribution in [0.2, 0.25) is 0 Å². The maximum atomic E-state index is 14.6. The number of esters is 2. The molecule has 6 fully saturated rings. The van der Waals surface area contributed by atoms with Crippen LogP contribution in [0.4, 0.5) is 29.1 Å². The van der Waals surface area contributed by atoms with E-state index in [1.54, 1.807) is 64.4 Å². The van der Waals surface area contributed by atoms with E-state index in [9.17, 15) is 57.5 Å². The van der Waals surface area contributed by atoms with Gasteiger partial charge in [-0.2, -0.15) is 0 Å². The first kappa shape index (κ1) is 93.7. The van der Waals surface area contributed by atoms with Gasteiger partial charge in [0.15, 0.2) is 10.9 Å². The normalized spacial score (nSPS) is 24.8. The van der Waals surface area contributed by atoms with Gasteiger partial charge >= 0.3 is 42.3 Å². The Morgan fingerprint density at radius 3 is 1.47 bits per heavy atom. The van der Waals surface area contributed by atoms with Crippen LogP contribution in [0.15, 0.2) is 78.2 Å². The number of rotatable bonds is 16. The Morgan fingerprint density at radius 1 is 0.582 bits per heavy atom. The number of carbonyl (C=O) groups excluding carboxylic acids is 12. The van der Waals surface area contributed by atoms with E-state index in [1.165, 1.54) is 35.4 Å². The molecule has 5 aromatic rings. The van der Waals surface area contributed by atoms with Crippen LogP contribution in [0.3, 0.4) is 0 Å². The summed E-state index contributed by atoms with van der Waals surface area (Å²) >= 11 is 4.46. The maximum Gasteiger partial charge on any atom is 0.415 e. The van der Waals surface area contributed by atoms with Crippen LogP contribution >= 0.6 is 27.3 Å². The number of pyridine rings is 2. The van der Waals surface area contributed by atoms with Crippen molar-refractivity contribution in [3.63, 3.8) is 0 Å². The molecule has 662 valence electrons. The number of ether oxygens (including phenoxy) is 8. The number of alkyl halides is 1. The zero-order chi connectivity index (χ0) is 88.1. The maximum absolute atomic E-state index is 14.6. The van der Waals surface area contributed by atoms with Crippen LogP contribution in [-0.4, -0.2) is 212 Å². The molecule has 10 atom stereocenters. The van der Waals surface area contributed by atoms with Gasteiger partial charge in [-0.3, -0.25) is 29.3 Å². The van der Waals surface area contributed by atoms with Crippen LogP contribution < -0.4 is 47.1 Å². The number of alkyl carbamates (subject to hydrolysis) is 3. The fraction of sp³-hybridized carbons (Fsp3) is 0.575. The number of benzene rings is 2. The number of fused-ring (bicyclic) bond motifs is 6. The lowest BCUT2D eigenvalue weighted by molar-refractivity contribution is -0.148. The molecule has 2 unspecified atom stereocenters. The smallest absolute Gasteiger partial charge is 0.415 e. The molecule has 122 heavy (non-hydrogen) atoms. The third-order valence-electron chi connectivity index (χ3n) is 22.2. The molecule has 4 saturated carbocycles. The summed E-state index contributed by atoms with van der Waals surface area (Å²) in [7, 11) is 2.59. The Labute approximate surface area is 722 Å². The van der Waals surface area contributed by atoms with E-state index in [-0.39, 0.29) is 85.1 Å². The molecule has 33 nitrogen and oxygen atoms in total. The molecule has 0 radical (unpaired) electrons. The lowest BCUT2D eigenvalue weighted by atomic mass is 10.0. The highest BCUT2D eigenvalue weighted by molar-refractivity contribution is 9.09. The van der Waals surface area contributed by atoms with Crippen molar-refractivity contribution in [2.45, 2.75) is 275 Å². The number of anilines is 1. The number of carbonyl (C=O) groups is 12. The molecule has 10 amide bonds. The number of ketones is 1. The average molecular weight is 1780 g/mol. The molecule has 7 heterocycles. The van der Waals surface area contributed by atoms with Crippen LogP contribution in [0.1, 0.15) is 204 Å². The van der Waals surface area contributed by atoms with E-state index in [0.29, 0.717) is 83.0 Å². The summed E-state index contributed by atoms with van der Waals surface area (Å²) in [6.45, 7) is 14.2. The zero-order valence-corrected chi connectivity index (χ0v) is 73.3. The highest BCUT2D eigenvalue weighted by Crippen LogP contribution is 2.48. The second-order valence-corrected chi connectivity index (χ2v) is 34.2. The molecule has 2 saturated heterocycles. The third-order valence-corrected chi connectivity index (χ3v) is 23.5. The fourth-order valence-electron chi connectivity index (χ4n) is 16.0.